The molecule has 0 radical (unpaired) electrons. The molecule has 6 heteroatoms. The summed E-state index contributed by atoms with van der Waals surface area (Å²) in [7, 11) is -1.87. The molecular formula is C14H25NO4Si. The first-order valence-corrected chi connectivity index (χ1v) is 10.5. The van der Waals surface area contributed by atoms with E-state index in [0.29, 0.717) is 26.1 Å². The van der Waals surface area contributed by atoms with Crippen molar-refractivity contribution in [2.45, 2.75) is 58.2 Å². The lowest BCUT2D eigenvalue weighted by molar-refractivity contribution is -0.251. The highest BCUT2D eigenvalue weighted by molar-refractivity contribution is 6.69. The summed E-state index contributed by atoms with van der Waals surface area (Å²) >= 11 is 0. The fourth-order valence-electron chi connectivity index (χ4n) is 2.06. The van der Waals surface area contributed by atoms with E-state index in [1.807, 2.05) is 33.5 Å². The van der Waals surface area contributed by atoms with E-state index in [2.05, 4.69) is 6.07 Å². The summed E-state index contributed by atoms with van der Waals surface area (Å²) in [5.74, 6) is -0.239. The minimum atomic E-state index is -1.87. The predicted octanol–water partition coefficient (Wildman–Crippen LogP) is 3.15. The first-order valence-electron chi connectivity index (χ1n) is 7.08. The second-order valence-corrected chi connectivity index (χ2v) is 10.1. The van der Waals surface area contributed by atoms with Crippen molar-refractivity contribution in [1.82, 2.24) is 0 Å². The van der Waals surface area contributed by atoms with E-state index >= 15 is 0 Å². The minimum Gasteiger partial charge on any atom is -0.495 e. The molecule has 0 aromatic heterocycles. The van der Waals surface area contributed by atoms with Crippen LogP contribution in [0.25, 0.3) is 0 Å². The topological polar surface area (TPSA) is 60.7 Å². The van der Waals surface area contributed by atoms with Crippen molar-refractivity contribution in [2.24, 2.45) is 0 Å². The fourth-order valence-corrected chi connectivity index (χ4v) is 3.00. The molecule has 114 valence electrons. The number of hydrogen-bond donors (Lipinski definition) is 0. The van der Waals surface area contributed by atoms with Crippen LogP contribution in [0.4, 0.5) is 0 Å². The van der Waals surface area contributed by atoms with Gasteiger partial charge in [0.2, 0.25) is 5.79 Å². The molecule has 0 aliphatic carbocycles. The van der Waals surface area contributed by atoms with Gasteiger partial charge in [-0.2, -0.15) is 5.26 Å². The number of rotatable bonds is 7. The maximum Gasteiger partial charge on any atom is 0.249 e. The van der Waals surface area contributed by atoms with E-state index in [1.54, 1.807) is 6.26 Å². The summed E-state index contributed by atoms with van der Waals surface area (Å²) in [4.78, 5) is 0. The minimum absolute atomic E-state index is 0.463. The molecule has 0 aromatic rings. The highest BCUT2D eigenvalue weighted by atomic mass is 28.4. The van der Waals surface area contributed by atoms with E-state index in [1.165, 1.54) is 0 Å². The summed E-state index contributed by atoms with van der Waals surface area (Å²) in [6.07, 6.45) is 2.06. The molecule has 1 rings (SSSR count). The monoisotopic (exact) mass is 299 g/mol. The van der Waals surface area contributed by atoms with Crippen molar-refractivity contribution in [1.29, 1.82) is 5.26 Å². The Morgan fingerprint density at radius 1 is 1.40 bits per heavy atom. The molecule has 1 aliphatic heterocycles. The molecule has 0 fully saturated rings. The third-order valence-electron chi connectivity index (χ3n) is 2.82. The van der Waals surface area contributed by atoms with Gasteiger partial charge in [-0.25, -0.2) is 0 Å². The van der Waals surface area contributed by atoms with Gasteiger partial charge in [-0.15, -0.1) is 0 Å². The van der Waals surface area contributed by atoms with Crippen LogP contribution in [0.1, 0.15) is 26.7 Å². The van der Waals surface area contributed by atoms with Crippen molar-refractivity contribution in [3.8, 4) is 6.07 Å². The van der Waals surface area contributed by atoms with Crippen molar-refractivity contribution < 1.29 is 18.6 Å². The summed E-state index contributed by atoms with van der Waals surface area (Å²) in [5.41, 5.74) is 0. The van der Waals surface area contributed by atoms with E-state index < -0.39 is 20.2 Å². The van der Waals surface area contributed by atoms with Gasteiger partial charge in [-0.1, -0.05) is 0 Å². The third kappa shape index (κ3) is 4.51. The van der Waals surface area contributed by atoms with Crippen LogP contribution >= 0.6 is 0 Å². The Morgan fingerprint density at radius 3 is 2.50 bits per heavy atom. The molecule has 0 N–H and O–H groups in total. The highest BCUT2D eigenvalue weighted by Gasteiger charge is 2.46. The number of nitrogens with zero attached hydrogens (tertiary/aromatic N) is 1. The quantitative estimate of drug-likeness (QED) is 0.676. The van der Waals surface area contributed by atoms with Gasteiger partial charge in [0, 0.05) is 19.4 Å². The Bertz CT molecular complexity index is 386. The normalized spacial score (nSPS) is 24.3. The largest absolute Gasteiger partial charge is 0.495 e. The van der Waals surface area contributed by atoms with Crippen LogP contribution in [0, 0.1) is 11.3 Å². The van der Waals surface area contributed by atoms with E-state index in [0.717, 1.165) is 5.76 Å². The molecule has 2 atom stereocenters. The van der Waals surface area contributed by atoms with Crippen LogP contribution in [0.2, 0.25) is 19.6 Å². The van der Waals surface area contributed by atoms with Gasteiger partial charge >= 0.3 is 0 Å². The van der Waals surface area contributed by atoms with Crippen molar-refractivity contribution in [2.75, 3.05) is 13.2 Å². The molecule has 1 aliphatic rings. The van der Waals surface area contributed by atoms with Gasteiger partial charge in [-0.05, 0) is 33.5 Å². The Balaban J connectivity index is 2.90. The Morgan fingerprint density at radius 2 is 2.10 bits per heavy atom. The molecule has 0 saturated heterocycles. The van der Waals surface area contributed by atoms with Gasteiger partial charge in [0.15, 0.2) is 14.4 Å². The molecule has 5 nitrogen and oxygen atoms in total. The lowest BCUT2D eigenvalue weighted by Gasteiger charge is -2.40. The molecule has 0 bridgehead atoms. The van der Waals surface area contributed by atoms with Crippen LogP contribution in [0.5, 0.6) is 0 Å². The number of hydrogen-bond acceptors (Lipinski definition) is 5. The zero-order valence-electron chi connectivity index (χ0n) is 13.1. The van der Waals surface area contributed by atoms with Crippen molar-refractivity contribution in [3.05, 3.63) is 12.0 Å². The lowest BCUT2D eigenvalue weighted by atomic mass is 10.0. The maximum atomic E-state index is 9.44. The zero-order chi connectivity index (χ0) is 15.2. The average molecular weight is 299 g/mol. The molecule has 20 heavy (non-hydrogen) atoms. The molecule has 0 saturated carbocycles. The SMILES string of the molecule is CCOC1=CO[C@@](OCC)([C@@H](C#N)O[Si](C)(C)C)CC1. The second kappa shape index (κ2) is 7.11. The van der Waals surface area contributed by atoms with Crippen LogP contribution in [-0.2, 0) is 18.6 Å². The number of allylic oxidation sites excluding steroid dienone is 1. The van der Waals surface area contributed by atoms with Gasteiger partial charge in [0.25, 0.3) is 0 Å². The van der Waals surface area contributed by atoms with E-state index in [-0.39, 0.29) is 0 Å². The zero-order valence-corrected chi connectivity index (χ0v) is 14.1. The second-order valence-electron chi connectivity index (χ2n) is 5.62. The average Bonchev–Trinajstić information content (AvgIpc) is 2.38. The molecule has 0 aromatic carbocycles. The van der Waals surface area contributed by atoms with Gasteiger partial charge in [0.05, 0.1) is 6.61 Å². The van der Waals surface area contributed by atoms with E-state index in [4.69, 9.17) is 18.6 Å². The number of nitriles is 1. The van der Waals surface area contributed by atoms with E-state index in [9.17, 15) is 5.26 Å². The first kappa shape index (κ1) is 17.0. The maximum absolute atomic E-state index is 9.44. The summed E-state index contributed by atoms with van der Waals surface area (Å²) in [6.45, 7) is 11.0. The standard InChI is InChI=1S/C14H25NO4Si/c1-6-16-12-8-9-14(17-7-2,18-11-12)13(10-15)19-20(3,4)5/h11,13H,6-9H2,1-5H3/t13-,14-/m1/s1. The molecule has 0 spiro atoms. The summed E-state index contributed by atoms with van der Waals surface area (Å²) in [5, 5.41) is 9.44. The first-order chi connectivity index (χ1) is 9.37. The van der Waals surface area contributed by atoms with Crippen LogP contribution in [-0.4, -0.2) is 33.4 Å². The Kier molecular flexibility index (Phi) is 6.05. The van der Waals surface area contributed by atoms with Crippen LogP contribution in [0.3, 0.4) is 0 Å². The number of ether oxygens (including phenoxy) is 3. The Labute approximate surface area is 122 Å². The molecular weight excluding hydrogens is 274 g/mol. The van der Waals surface area contributed by atoms with Crippen molar-refractivity contribution in [3.63, 3.8) is 0 Å². The molecule has 0 unspecified atom stereocenters. The van der Waals surface area contributed by atoms with Gasteiger partial charge < -0.3 is 18.6 Å². The van der Waals surface area contributed by atoms with Crippen molar-refractivity contribution >= 4 is 8.32 Å². The molecule has 1 heterocycles. The van der Waals surface area contributed by atoms with Gasteiger partial charge in [0.1, 0.15) is 18.1 Å². The lowest BCUT2D eigenvalue weighted by Crippen LogP contribution is -2.52. The molecule has 0 amide bonds. The smallest absolute Gasteiger partial charge is 0.249 e. The highest BCUT2D eigenvalue weighted by Crippen LogP contribution is 2.34. The third-order valence-corrected chi connectivity index (χ3v) is 3.76. The summed E-state index contributed by atoms with van der Waals surface area (Å²) in [6, 6.07) is 2.19. The van der Waals surface area contributed by atoms with Gasteiger partial charge in [-0.3, -0.25) is 0 Å². The fraction of sp³-hybridized carbons (Fsp3) is 0.786. The summed E-state index contributed by atoms with van der Waals surface area (Å²) < 4.78 is 22.9. The Hall–Kier alpha value is -1.03. The van der Waals surface area contributed by atoms with Crippen LogP contribution in [0.15, 0.2) is 12.0 Å². The van der Waals surface area contributed by atoms with Crippen LogP contribution < -0.4 is 0 Å². The predicted molar refractivity (Wildman–Crippen MR) is 78.2 cm³/mol.